The van der Waals surface area contributed by atoms with Crippen LogP contribution in [0.4, 0.5) is 18.9 Å². The molecule has 0 bridgehead atoms. The van der Waals surface area contributed by atoms with Gasteiger partial charge in [-0.05, 0) is 60.5 Å². The summed E-state index contributed by atoms with van der Waals surface area (Å²) in [7, 11) is -3.93. The van der Waals surface area contributed by atoms with Crippen molar-refractivity contribution in [2.45, 2.75) is 24.5 Å². The highest BCUT2D eigenvalue weighted by Gasteiger charge is 2.30. The molecule has 3 aromatic carbocycles. The van der Waals surface area contributed by atoms with E-state index in [1.165, 1.54) is 18.2 Å². The first-order valence-corrected chi connectivity index (χ1v) is 14.1. The van der Waals surface area contributed by atoms with Gasteiger partial charge in [-0.25, -0.2) is 8.42 Å². The summed E-state index contributed by atoms with van der Waals surface area (Å²) >= 11 is 0. The largest absolute Gasteiger partial charge is 0.416 e. The number of anilines is 1. The van der Waals surface area contributed by atoms with Crippen LogP contribution >= 0.6 is 0 Å². The summed E-state index contributed by atoms with van der Waals surface area (Å²) in [5.74, 6) is -0.162. The molecule has 1 aliphatic rings. The van der Waals surface area contributed by atoms with Gasteiger partial charge < -0.3 is 4.90 Å². The molecule has 1 aromatic heterocycles. The van der Waals surface area contributed by atoms with Gasteiger partial charge in [-0.3, -0.25) is 19.4 Å². The minimum Gasteiger partial charge on any atom is -0.336 e. The minimum absolute atomic E-state index is 0.0688. The first kappa shape index (κ1) is 27.6. The zero-order chi connectivity index (χ0) is 28.5. The van der Waals surface area contributed by atoms with Gasteiger partial charge in [0.25, 0.3) is 15.9 Å². The van der Waals surface area contributed by atoms with Crippen molar-refractivity contribution in [1.29, 1.82) is 0 Å². The highest BCUT2D eigenvalue weighted by Crippen LogP contribution is 2.29. The van der Waals surface area contributed by atoms with Gasteiger partial charge in [0, 0.05) is 49.9 Å². The molecule has 1 aliphatic heterocycles. The number of nitrogens with zero attached hydrogens (tertiary/aromatic N) is 3. The lowest BCUT2D eigenvalue weighted by atomic mass is 10.1. The highest BCUT2D eigenvalue weighted by molar-refractivity contribution is 7.93. The molecule has 0 saturated carbocycles. The van der Waals surface area contributed by atoms with E-state index >= 15 is 0 Å². The number of alkyl halides is 3. The van der Waals surface area contributed by atoms with Gasteiger partial charge >= 0.3 is 6.18 Å². The molecule has 5 rings (SSSR count). The monoisotopic (exact) mass is 568 g/mol. The van der Waals surface area contributed by atoms with Crippen LogP contribution in [0, 0.1) is 6.92 Å². The number of hydrogen-bond donors (Lipinski definition) is 1. The maximum atomic E-state index is 13.2. The van der Waals surface area contributed by atoms with Crippen molar-refractivity contribution in [3.05, 3.63) is 101 Å². The molecule has 1 N–H and O–H groups in total. The van der Waals surface area contributed by atoms with E-state index in [2.05, 4.69) is 14.6 Å². The molecular weight excluding hydrogens is 541 g/mol. The average molecular weight is 569 g/mol. The van der Waals surface area contributed by atoms with Crippen LogP contribution in [0.15, 0.2) is 83.9 Å². The number of aromatic nitrogens is 1. The van der Waals surface area contributed by atoms with Crippen LogP contribution < -0.4 is 4.72 Å². The summed E-state index contributed by atoms with van der Waals surface area (Å²) in [4.78, 5) is 21.3. The molecule has 208 valence electrons. The maximum Gasteiger partial charge on any atom is 0.416 e. The Labute approximate surface area is 230 Å². The predicted molar refractivity (Wildman–Crippen MR) is 146 cm³/mol. The van der Waals surface area contributed by atoms with Crippen LogP contribution in [0.2, 0.25) is 0 Å². The molecule has 0 aliphatic carbocycles. The number of piperazine rings is 1. The summed E-state index contributed by atoms with van der Waals surface area (Å²) in [5, 5.41) is 0.711. The van der Waals surface area contributed by atoms with Gasteiger partial charge in [0.1, 0.15) is 4.90 Å². The third-order valence-corrected chi connectivity index (χ3v) is 8.35. The van der Waals surface area contributed by atoms with Crippen LogP contribution in [0.25, 0.3) is 10.9 Å². The fourth-order valence-electron chi connectivity index (χ4n) is 4.75. The molecular formula is C29H27F3N4O3S. The van der Waals surface area contributed by atoms with Gasteiger partial charge in [0.2, 0.25) is 0 Å². The van der Waals surface area contributed by atoms with E-state index in [-0.39, 0.29) is 10.8 Å². The number of pyridine rings is 1. The zero-order valence-corrected chi connectivity index (χ0v) is 22.5. The van der Waals surface area contributed by atoms with E-state index in [1.807, 2.05) is 0 Å². The van der Waals surface area contributed by atoms with Crippen molar-refractivity contribution in [2.75, 3.05) is 30.9 Å². The standard InChI is InChI=1S/C29H27F3N4O3S/c1-20-18-23(9-12-25(20)34-40(38,39)26-6-2-4-22-5-3-13-33-27(22)26)28(37)36-16-14-35(15-17-36)19-21-7-10-24(11-8-21)29(30,31)32/h2-13,18,34H,14-17,19H2,1H3. The Morgan fingerprint density at radius 3 is 2.33 bits per heavy atom. The second-order valence-corrected chi connectivity index (χ2v) is 11.4. The molecule has 0 spiro atoms. The molecule has 40 heavy (non-hydrogen) atoms. The lowest BCUT2D eigenvalue weighted by molar-refractivity contribution is -0.137. The third kappa shape index (κ3) is 5.95. The normalized spacial score (nSPS) is 14.8. The van der Waals surface area contributed by atoms with Crippen LogP contribution in [-0.4, -0.2) is 55.3 Å². The SMILES string of the molecule is Cc1cc(C(=O)N2CCN(Cc3ccc(C(F)(F)F)cc3)CC2)ccc1NS(=O)(=O)c1cccc2cccnc12. The number of halogens is 3. The number of hydrogen-bond acceptors (Lipinski definition) is 5. The van der Waals surface area contributed by atoms with E-state index in [4.69, 9.17) is 0 Å². The second kappa shape index (κ2) is 10.9. The Balaban J connectivity index is 1.21. The van der Waals surface area contributed by atoms with Gasteiger partial charge in [0.05, 0.1) is 16.8 Å². The number of carbonyl (C=O) groups excluding carboxylic acids is 1. The van der Waals surface area contributed by atoms with Gasteiger partial charge in [0.15, 0.2) is 0 Å². The minimum atomic E-state index is -4.36. The Hall–Kier alpha value is -3.96. The smallest absolute Gasteiger partial charge is 0.336 e. The molecule has 0 unspecified atom stereocenters. The van der Waals surface area contributed by atoms with Crippen molar-refractivity contribution >= 4 is 32.5 Å². The van der Waals surface area contributed by atoms with Crippen molar-refractivity contribution in [3.8, 4) is 0 Å². The summed E-state index contributed by atoms with van der Waals surface area (Å²) in [6, 6.07) is 18.5. The van der Waals surface area contributed by atoms with E-state index < -0.39 is 21.8 Å². The number of amides is 1. The van der Waals surface area contributed by atoms with E-state index in [1.54, 1.807) is 60.5 Å². The predicted octanol–water partition coefficient (Wildman–Crippen LogP) is 5.32. The van der Waals surface area contributed by atoms with Crippen molar-refractivity contribution in [1.82, 2.24) is 14.8 Å². The van der Waals surface area contributed by atoms with E-state index in [9.17, 15) is 26.4 Å². The van der Waals surface area contributed by atoms with Crippen molar-refractivity contribution < 1.29 is 26.4 Å². The van der Waals surface area contributed by atoms with Crippen LogP contribution in [0.3, 0.4) is 0 Å². The molecule has 11 heteroatoms. The van der Waals surface area contributed by atoms with Crippen molar-refractivity contribution in [3.63, 3.8) is 0 Å². The number of nitrogens with one attached hydrogen (secondary N) is 1. The molecule has 2 heterocycles. The number of aryl methyl sites for hydroxylation is 1. The molecule has 1 saturated heterocycles. The fraction of sp³-hybridized carbons (Fsp3) is 0.241. The Kier molecular flexibility index (Phi) is 7.52. The number of fused-ring (bicyclic) bond motifs is 1. The maximum absolute atomic E-state index is 13.2. The second-order valence-electron chi connectivity index (χ2n) is 9.73. The number of para-hydroxylation sites is 1. The summed E-state index contributed by atoms with van der Waals surface area (Å²) in [6.07, 6.45) is -2.82. The number of rotatable bonds is 6. The summed E-state index contributed by atoms with van der Waals surface area (Å²) in [5.41, 5.74) is 1.89. The Bertz CT molecular complexity index is 1640. The summed E-state index contributed by atoms with van der Waals surface area (Å²) < 4.78 is 67.4. The first-order valence-electron chi connectivity index (χ1n) is 12.7. The Morgan fingerprint density at radius 1 is 0.950 bits per heavy atom. The van der Waals surface area contributed by atoms with Gasteiger partial charge in [-0.15, -0.1) is 0 Å². The van der Waals surface area contributed by atoms with Crippen LogP contribution in [0.1, 0.15) is 27.0 Å². The molecule has 0 radical (unpaired) electrons. The quantitative estimate of drug-likeness (QED) is 0.341. The third-order valence-electron chi connectivity index (χ3n) is 6.95. The number of benzene rings is 3. The number of sulfonamides is 1. The van der Waals surface area contributed by atoms with Crippen molar-refractivity contribution in [2.24, 2.45) is 0 Å². The molecule has 1 fully saturated rings. The number of carbonyl (C=O) groups is 1. The lowest BCUT2D eigenvalue weighted by Crippen LogP contribution is -2.48. The van der Waals surface area contributed by atoms with Gasteiger partial charge in [-0.1, -0.05) is 30.3 Å². The van der Waals surface area contributed by atoms with E-state index in [0.717, 1.165) is 17.7 Å². The van der Waals surface area contributed by atoms with Crippen LogP contribution in [0.5, 0.6) is 0 Å². The van der Waals surface area contributed by atoms with E-state index in [0.29, 0.717) is 60.4 Å². The highest BCUT2D eigenvalue weighted by atomic mass is 32.2. The first-order chi connectivity index (χ1) is 19.0. The molecule has 7 nitrogen and oxygen atoms in total. The Morgan fingerprint density at radius 2 is 1.65 bits per heavy atom. The zero-order valence-electron chi connectivity index (χ0n) is 21.6. The fourth-order valence-corrected chi connectivity index (χ4v) is 6.06. The van der Waals surface area contributed by atoms with Gasteiger partial charge in [-0.2, -0.15) is 13.2 Å². The van der Waals surface area contributed by atoms with Crippen LogP contribution in [-0.2, 0) is 22.7 Å². The molecule has 4 aromatic rings. The molecule has 1 amide bonds. The average Bonchev–Trinajstić information content (AvgIpc) is 2.93. The topological polar surface area (TPSA) is 82.6 Å². The lowest BCUT2D eigenvalue weighted by Gasteiger charge is -2.35. The molecule has 0 atom stereocenters. The summed E-state index contributed by atoms with van der Waals surface area (Å²) in [6.45, 7) is 4.35.